The van der Waals surface area contributed by atoms with Crippen LogP contribution in [-0.2, 0) is 4.79 Å². The molecule has 128 valence electrons. The van der Waals surface area contributed by atoms with E-state index in [1.54, 1.807) is 42.5 Å². The molecule has 1 unspecified atom stereocenters. The molecule has 3 rings (SSSR count). The number of aryl methyl sites for hydroxylation is 1. The number of rotatable bonds is 4. The van der Waals surface area contributed by atoms with Gasteiger partial charge in [0.1, 0.15) is 5.58 Å². The second-order valence-corrected chi connectivity index (χ2v) is 6.13. The molecular formula is C19H15ClO5. The van der Waals surface area contributed by atoms with Crippen LogP contribution in [0, 0.1) is 6.92 Å². The molecule has 0 saturated carbocycles. The van der Waals surface area contributed by atoms with Gasteiger partial charge in [0.15, 0.2) is 11.9 Å². The van der Waals surface area contributed by atoms with E-state index < -0.39 is 17.5 Å². The summed E-state index contributed by atoms with van der Waals surface area (Å²) in [7, 11) is 0. The van der Waals surface area contributed by atoms with Gasteiger partial charge in [-0.3, -0.25) is 4.79 Å². The van der Waals surface area contributed by atoms with Gasteiger partial charge in [0.05, 0.1) is 5.39 Å². The lowest BCUT2D eigenvalue weighted by atomic mass is 10.1. The van der Waals surface area contributed by atoms with Gasteiger partial charge in [-0.2, -0.15) is 0 Å². The molecule has 0 fully saturated rings. The summed E-state index contributed by atoms with van der Waals surface area (Å²) in [6.07, 6.45) is -1.20. The molecule has 1 heterocycles. The van der Waals surface area contributed by atoms with Crippen molar-refractivity contribution in [1.29, 1.82) is 0 Å². The normalized spacial score (nSPS) is 12.1. The van der Waals surface area contributed by atoms with Crippen molar-refractivity contribution in [3.8, 4) is 17.1 Å². The Bertz CT molecular complexity index is 1000. The molecule has 0 radical (unpaired) electrons. The lowest BCUT2D eigenvalue weighted by Crippen LogP contribution is -2.26. The number of carbonyl (C=O) groups is 1. The number of carboxylic acids is 1. The predicted molar refractivity (Wildman–Crippen MR) is 95.4 cm³/mol. The summed E-state index contributed by atoms with van der Waals surface area (Å²) in [4.78, 5) is 24.0. The van der Waals surface area contributed by atoms with Crippen LogP contribution in [0.1, 0.15) is 12.5 Å². The van der Waals surface area contributed by atoms with Crippen LogP contribution in [0.25, 0.3) is 22.3 Å². The minimum atomic E-state index is -1.20. The minimum Gasteiger partial charge on any atom is -0.479 e. The number of benzene rings is 2. The first kappa shape index (κ1) is 17.0. The zero-order valence-electron chi connectivity index (χ0n) is 13.6. The highest BCUT2D eigenvalue weighted by Crippen LogP contribution is 2.32. The third-order valence-corrected chi connectivity index (χ3v) is 4.01. The van der Waals surface area contributed by atoms with Gasteiger partial charge in [0.2, 0.25) is 11.2 Å². The first-order valence-electron chi connectivity index (χ1n) is 7.59. The Balaban J connectivity index is 2.29. The maximum absolute atomic E-state index is 12.9. The largest absolute Gasteiger partial charge is 0.479 e. The monoisotopic (exact) mass is 358 g/mol. The maximum atomic E-state index is 12.9. The summed E-state index contributed by atoms with van der Waals surface area (Å²) in [5, 5.41) is 9.97. The summed E-state index contributed by atoms with van der Waals surface area (Å²) in [5.41, 5.74) is 1.49. The lowest BCUT2D eigenvalue weighted by Gasteiger charge is -2.14. The van der Waals surface area contributed by atoms with E-state index in [9.17, 15) is 9.59 Å². The molecule has 0 aliphatic heterocycles. The Hall–Kier alpha value is -2.79. The highest BCUT2D eigenvalue weighted by molar-refractivity contribution is 6.30. The number of carboxylic acid groups (broad SMARTS) is 1. The third kappa shape index (κ3) is 3.37. The van der Waals surface area contributed by atoms with E-state index in [-0.39, 0.29) is 11.5 Å². The first-order valence-corrected chi connectivity index (χ1v) is 7.97. The topological polar surface area (TPSA) is 76.7 Å². The average Bonchev–Trinajstić information content (AvgIpc) is 2.57. The number of ether oxygens (including phenoxy) is 1. The first-order chi connectivity index (χ1) is 11.9. The lowest BCUT2D eigenvalue weighted by molar-refractivity contribution is -0.144. The van der Waals surface area contributed by atoms with Gasteiger partial charge in [-0.15, -0.1) is 0 Å². The molecule has 25 heavy (non-hydrogen) atoms. The van der Waals surface area contributed by atoms with E-state index in [0.29, 0.717) is 21.6 Å². The summed E-state index contributed by atoms with van der Waals surface area (Å²) >= 11 is 5.91. The fraction of sp³-hybridized carbons (Fsp3) is 0.158. The zero-order valence-corrected chi connectivity index (χ0v) is 14.3. The summed E-state index contributed by atoms with van der Waals surface area (Å²) in [6.45, 7) is 3.24. The van der Waals surface area contributed by atoms with E-state index in [0.717, 1.165) is 5.56 Å². The molecule has 0 bridgehead atoms. The van der Waals surface area contributed by atoms with E-state index >= 15 is 0 Å². The molecule has 5 nitrogen and oxygen atoms in total. The highest BCUT2D eigenvalue weighted by Gasteiger charge is 2.22. The van der Waals surface area contributed by atoms with Gasteiger partial charge in [-0.1, -0.05) is 17.7 Å². The van der Waals surface area contributed by atoms with Gasteiger partial charge >= 0.3 is 5.97 Å². The summed E-state index contributed by atoms with van der Waals surface area (Å²) in [6, 6.07) is 11.8. The predicted octanol–water partition coefficient (Wildman–Crippen LogP) is 4.27. The van der Waals surface area contributed by atoms with Crippen molar-refractivity contribution in [2.24, 2.45) is 0 Å². The van der Waals surface area contributed by atoms with Gasteiger partial charge in [-0.05, 0) is 55.8 Å². The molecule has 2 aromatic carbocycles. The molecule has 6 heteroatoms. The molecule has 3 aromatic rings. The van der Waals surface area contributed by atoms with Crippen LogP contribution in [0.3, 0.4) is 0 Å². The van der Waals surface area contributed by atoms with E-state index in [1.807, 2.05) is 6.92 Å². The van der Waals surface area contributed by atoms with E-state index in [2.05, 4.69) is 0 Å². The zero-order chi connectivity index (χ0) is 18.1. The number of halogens is 1. The van der Waals surface area contributed by atoms with Crippen LogP contribution in [0.2, 0.25) is 5.02 Å². The molecule has 0 aliphatic carbocycles. The number of hydrogen-bond acceptors (Lipinski definition) is 4. The van der Waals surface area contributed by atoms with Gasteiger partial charge < -0.3 is 14.3 Å². The van der Waals surface area contributed by atoms with Crippen LogP contribution in [0.5, 0.6) is 5.75 Å². The van der Waals surface area contributed by atoms with Crippen molar-refractivity contribution < 1.29 is 19.1 Å². The van der Waals surface area contributed by atoms with Crippen LogP contribution in [0.15, 0.2) is 51.7 Å². The standard InChI is InChI=1S/C19H15ClO5/c1-10-3-8-14-15(9-10)25-17(12-4-6-13(20)7-5-12)18(16(14)21)24-11(2)19(22)23/h3-9,11H,1-2H3,(H,22,23). The summed E-state index contributed by atoms with van der Waals surface area (Å²) in [5.74, 6) is -1.13. The third-order valence-electron chi connectivity index (χ3n) is 3.76. The van der Waals surface area contributed by atoms with Crippen molar-refractivity contribution in [1.82, 2.24) is 0 Å². The second-order valence-electron chi connectivity index (χ2n) is 5.69. The van der Waals surface area contributed by atoms with Crippen LogP contribution < -0.4 is 10.2 Å². The van der Waals surface area contributed by atoms with Gasteiger partial charge in [0.25, 0.3) is 0 Å². The molecule has 0 saturated heterocycles. The van der Waals surface area contributed by atoms with E-state index in [4.69, 9.17) is 25.9 Å². The molecule has 0 amide bonds. The van der Waals surface area contributed by atoms with Crippen molar-refractivity contribution >= 4 is 28.5 Å². The Kier molecular flexibility index (Phi) is 4.51. The van der Waals surface area contributed by atoms with Gasteiger partial charge in [0, 0.05) is 10.6 Å². The van der Waals surface area contributed by atoms with Crippen LogP contribution >= 0.6 is 11.6 Å². The SMILES string of the molecule is Cc1ccc2c(=O)c(OC(C)C(=O)O)c(-c3ccc(Cl)cc3)oc2c1. The number of aliphatic carboxylic acids is 1. The van der Waals surface area contributed by atoms with E-state index in [1.165, 1.54) is 6.92 Å². The number of fused-ring (bicyclic) bond motifs is 1. The number of hydrogen-bond donors (Lipinski definition) is 1. The minimum absolute atomic E-state index is 0.131. The molecule has 1 N–H and O–H groups in total. The Morgan fingerprint density at radius 1 is 1.20 bits per heavy atom. The highest BCUT2D eigenvalue weighted by atomic mass is 35.5. The van der Waals surface area contributed by atoms with Crippen molar-refractivity contribution in [2.75, 3.05) is 0 Å². The average molecular weight is 359 g/mol. The van der Waals surface area contributed by atoms with Crippen molar-refractivity contribution in [2.45, 2.75) is 20.0 Å². The van der Waals surface area contributed by atoms with Gasteiger partial charge in [-0.25, -0.2) is 4.79 Å². The van der Waals surface area contributed by atoms with Crippen LogP contribution in [0.4, 0.5) is 0 Å². The molecule has 0 spiro atoms. The Labute approximate surface area is 148 Å². The maximum Gasteiger partial charge on any atom is 0.344 e. The fourth-order valence-electron chi connectivity index (χ4n) is 2.41. The van der Waals surface area contributed by atoms with Crippen LogP contribution in [-0.4, -0.2) is 17.2 Å². The second kappa shape index (κ2) is 6.61. The summed E-state index contributed by atoms with van der Waals surface area (Å²) < 4.78 is 11.3. The smallest absolute Gasteiger partial charge is 0.344 e. The molecule has 1 atom stereocenters. The fourth-order valence-corrected chi connectivity index (χ4v) is 2.53. The quantitative estimate of drug-likeness (QED) is 0.753. The van der Waals surface area contributed by atoms with Crippen molar-refractivity contribution in [3.63, 3.8) is 0 Å². The molecule has 0 aliphatic rings. The molecular weight excluding hydrogens is 344 g/mol. The Morgan fingerprint density at radius 3 is 2.52 bits per heavy atom. The Morgan fingerprint density at radius 2 is 1.88 bits per heavy atom. The van der Waals surface area contributed by atoms with Crippen molar-refractivity contribution in [3.05, 3.63) is 63.3 Å². The molecule has 1 aromatic heterocycles.